The van der Waals surface area contributed by atoms with Crippen molar-refractivity contribution in [3.05, 3.63) is 77.2 Å². The number of aryl methyl sites for hydroxylation is 2. The Labute approximate surface area is 175 Å². The average molecular weight is 411 g/mol. The lowest BCUT2D eigenvalue weighted by Crippen LogP contribution is -2.38. The summed E-state index contributed by atoms with van der Waals surface area (Å²) in [6, 6.07) is 17.6. The van der Waals surface area contributed by atoms with Gasteiger partial charge in [0.05, 0.1) is 0 Å². The highest BCUT2D eigenvalue weighted by Crippen LogP contribution is 2.21. The summed E-state index contributed by atoms with van der Waals surface area (Å²) in [7, 11) is 0. The van der Waals surface area contributed by atoms with Crippen LogP contribution in [0, 0.1) is 0 Å². The lowest BCUT2D eigenvalue weighted by Gasteiger charge is -2.32. The molecule has 0 unspecified atom stereocenters. The number of piperidine rings is 1. The molecule has 7 heteroatoms. The molecule has 6 nitrogen and oxygen atoms in total. The Morgan fingerprint density at radius 1 is 1.03 bits per heavy atom. The van der Waals surface area contributed by atoms with Crippen LogP contribution in [0.1, 0.15) is 28.9 Å². The van der Waals surface area contributed by atoms with Crippen LogP contribution in [0.15, 0.2) is 60.8 Å². The fourth-order valence-electron chi connectivity index (χ4n) is 3.58. The lowest BCUT2D eigenvalue weighted by atomic mass is 10.1. The molecule has 0 amide bonds. The summed E-state index contributed by atoms with van der Waals surface area (Å²) >= 11 is 5.80. The van der Waals surface area contributed by atoms with E-state index in [0.717, 1.165) is 44.7 Å². The summed E-state index contributed by atoms with van der Waals surface area (Å²) in [5.41, 5.74) is 1.85. The smallest absolute Gasteiger partial charge is 0.355 e. The van der Waals surface area contributed by atoms with Gasteiger partial charge >= 0.3 is 5.97 Å². The highest BCUT2D eigenvalue weighted by Gasteiger charge is 2.24. The van der Waals surface area contributed by atoms with Crippen molar-refractivity contribution in [2.75, 3.05) is 18.0 Å². The molecule has 3 aromatic rings. The van der Waals surface area contributed by atoms with Crippen LogP contribution in [0.3, 0.4) is 0 Å². The Balaban J connectivity index is 1.30. The maximum absolute atomic E-state index is 12.7. The van der Waals surface area contributed by atoms with Crippen molar-refractivity contribution in [1.82, 2.24) is 14.8 Å². The second-order valence-electron chi connectivity index (χ2n) is 7.13. The number of nitrogens with zero attached hydrogens (tertiary/aromatic N) is 4. The van der Waals surface area contributed by atoms with Gasteiger partial charge in [-0.3, -0.25) is 0 Å². The highest BCUT2D eigenvalue weighted by atomic mass is 35.5. The first-order chi connectivity index (χ1) is 14.2. The van der Waals surface area contributed by atoms with Crippen LogP contribution in [0.4, 0.5) is 5.82 Å². The van der Waals surface area contributed by atoms with Crippen LogP contribution in [0.5, 0.6) is 0 Å². The van der Waals surface area contributed by atoms with Gasteiger partial charge in [0.25, 0.3) is 0 Å². The van der Waals surface area contributed by atoms with Gasteiger partial charge in [0.1, 0.15) is 11.8 Å². The topological polar surface area (TPSA) is 60.2 Å². The Morgan fingerprint density at radius 2 is 1.83 bits per heavy atom. The van der Waals surface area contributed by atoms with Gasteiger partial charge in [-0.2, -0.15) is 0 Å². The van der Waals surface area contributed by atoms with Crippen LogP contribution in [-0.4, -0.2) is 39.9 Å². The number of benzene rings is 1. The molecule has 150 valence electrons. The minimum absolute atomic E-state index is 0.0866. The SMILES string of the molecule is O=C(OC1CCN(c2ccc(Cl)nn2)CC1)c1cccn1CCc1ccccc1. The van der Waals surface area contributed by atoms with E-state index < -0.39 is 0 Å². The number of anilines is 1. The first kappa shape index (κ1) is 19.5. The van der Waals surface area contributed by atoms with Crippen LogP contribution < -0.4 is 4.90 Å². The van der Waals surface area contributed by atoms with E-state index in [1.165, 1.54) is 5.56 Å². The molecular formula is C22H23ClN4O2. The predicted molar refractivity (Wildman–Crippen MR) is 112 cm³/mol. The zero-order valence-corrected chi connectivity index (χ0v) is 16.8. The van der Waals surface area contributed by atoms with E-state index in [4.69, 9.17) is 16.3 Å². The summed E-state index contributed by atoms with van der Waals surface area (Å²) in [4.78, 5) is 14.8. The van der Waals surface area contributed by atoms with Crippen molar-refractivity contribution in [3.63, 3.8) is 0 Å². The van der Waals surface area contributed by atoms with E-state index >= 15 is 0 Å². The Kier molecular flexibility index (Phi) is 6.10. The number of aromatic nitrogens is 3. The first-order valence-corrected chi connectivity index (χ1v) is 10.2. The molecule has 1 saturated heterocycles. The quantitative estimate of drug-likeness (QED) is 0.575. The maximum Gasteiger partial charge on any atom is 0.355 e. The normalized spacial score (nSPS) is 14.7. The van der Waals surface area contributed by atoms with E-state index in [-0.39, 0.29) is 12.1 Å². The molecule has 0 saturated carbocycles. The second-order valence-corrected chi connectivity index (χ2v) is 7.52. The lowest BCUT2D eigenvalue weighted by molar-refractivity contribution is 0.0232. The minimum Gasteiger partial charge on any atom is -0.458 e. The molecule has 0 N–H and O–H groups in total. The van der Waals surface area contributed by atoms with Crippen LogP contribution in [0.25, 0.3) is 0 Å². The van der Waals surface area contributed by atoms with Gasteiger partial charge in [-0.15, -0.1) is 10.2 Å². The van der Waals surface area contributed by atoms with Gasteiger partial charge in [-0.1, -0.05) is 41.9 Å². The molecule has 1 aliphatic rings. The van der Waals surface area contributed by atoms with E-state index in [1.54, 1.807) is 6.07 Å². The zero-order valence-electron chi connectivity index (χ0n) is 16.1. The van der Waals surface area contributed by atoms with Crippen LogP contribution >= 0.6 is 11.6 Å². The van der Waals surface area contributed by atoms with E-state index in [2.05, 4.69) is 27.2 Å². The monoisotopic (exact) mass is 410 g/mol. The average Bonchev–Trinajstić information content (AvgIpc) is 3.23. The molecule has 4 rings (SSSR count). The van der Waals surface area contributed by atoms with E-state index in [1.807, 2.05) is 47.2 Å². The Hall–Kier alpha value is -2.86. The summed E-state index contributed by atoms with van der Waals surface area (Å²) < 4.78 is 7.75. The molecule has 0 bridgehead atoms. The van der Waals surface area contributed by atoms with Gasteiger partial charge < -0.3 is 14.2 Å². The van der Waals surface area contributed by atoms with Crippen LogP contribution in [-0.2, 0) is 17.7 Å². The molecule has 1 aromatic carbocycles. The molecule has 1 fully saturated rings. The second kappa shape index (κ2) is 9.09. The standard InChI is InChI=1S/C22H23ClN4O2/c23-20-8-9-21(25-24-20)27-15-11-18(12-16-27)29-22(28)19-7-4-13-26(19)14-10-17-5-2-1-3-6-17/h1-9,13,18H,10-12,14-16H2. The van der Waals surface area contributed by atoms with Crippen molar-refractivity contribution in [1.29, 1.82) is 0 Å². The number of ether oxygens (including phenoxy) is 1. The third kappa shape index (κ3) is 4.95. The van der Waals surface area contributed by atoms with Gasteiger partial charge in [0.2, 0.25) is 0 Å². The molecule has 0 radical (unpaired) electrons. The molecule has 0 atom stereocenters. The van der Waals surface area contributed by atoms with Gasteiger partial charge in [0, 0.05) is 38.7 Å². The number of carbonyl (C=O) groups is 1. The molecule has 29 heavy (non-hydrogen) atoms. The van der Waals surface area contributed by atoms with Gasteiger partial charge in [0.15, 0.2) is 11.0 Å². The molecule has 3 heterocycles. The summed E-state index contributed by atoms with van der Waals surface area (Å²) in [5.74, 6) is 0.543. The van der Waals surface area contributed by atoms with Crippen molar-refractivity contribution in [2.24, 2.45) is 0 Å². The largest absolute Gasteiger partial charge is 0.458 e. The van der Waals surface area contributed by atoms with E-state index in [9.17, 15) is 4.79 Å². The number of carbonyl (C=O) groups excluding carboxylic acids is 1. The molecule has 2 aromatic heterocycles. The third-order valence-corrected chi connectivity index (χ3v) is 5.38. The van der Waals surface area contributed by atoms with Crippen molar-refractivity contribution < 1.29 is 9.53 Å². The fraction of sp³-hybridized carbons (Fsp3) is 0.318. The Bertz CT molecular complexity index is 935. The third-order valence-electron chi connectivity index (χ3n) is 5.18. The Morgan fingerprint density at radius 3 is 2.55 bits per heavy atom. The molecule has 0 spiro atoms. The summed E-state index contributed by atoms with van der Waals surface area (Å²) in [6.07, 6.45) is 4.25. The summed E-state index contributed by atoms with van der Waals surface area (Å²) in [5, 5.41) is 8.39. The fourth-order valence-corrected chi connectivity index (χ4v) is 3.68. The van der Waals surface area contributed by atoms with Crippen LogP contribution in [0.2, 0.25) is 5.15 Å². The van der Waals surface area contributed by atoms with Crippen molar-refractivity contribution >= 4 is 23.4 Å². The number of rotatable bonds is 6. The maximum atomic E-state index is 12.7. The molecule has 0 aliphatic carbocycles. The predicted octanol–water partition coefficient (Wildman–Crippen LogP) is 4.00. The number of halogens is 1. The number of hydrogen-bond donors (Lipinski definition) is 0. The van der Waals surface area contributed by atoms with Gasteiger partial charge in [-0.25, -0.2) is 4.79 Å². The number of esters is 1. The molecule has 1 aliphatic heterocycles. The summed E-state index contributed by atoms with van der Waals surface area (Å²) in [6.45, 7) is 2.28. The van der Waals surface area contributed by atoms with Crippen molar-refractivity contribution in [3.8, 4) is 0 Å². The zero-order chi connectivity index (χ0) is 20.1. The molecular weight excluding hydrogens is 388 g/mol. The van der Waals surface area contributed by atoms with Gasteiger partial charge in [-0.05, 0) is 36.2 Å². The minimum atomic E-state index is -0.257. The number of hydrogen-bond acceptors (Lipinski definition) is 5. The highest BCUT2D eigenvalue weighted by molar-refractivity contribution is 6.29. The van der Waals surface area contributed by atoms with E-state index in [0.29, 0.717) is 10.8 Å². The van der Waals surface area contributed by atoms with Crippen molar-refractivity contribution in [2.45, 2.75) is 31.9 Å². The first-order valence-electron chi connectivity index (χ1n) is 9.83.